The van der Waals surface area contributed by atoms with E-state index >= 15 is 0 Å². The first kappa shape index (κ1) is 18.7. The Bertz CT molecular complexity index is 847. The van der Waals surface area contributed by atoms with Crippen molar-refractivity contribution in [1.29, 1.82) is 0 Å². The molecule has 0 atom stereocenters. The summed E-state index contributed by atoms with van der Waals surface area (Å²) in [7, 11) is 1.62. The molecule has 2 aromatic heterocycles. The van der Waals surface area contributed by atoms with E-state index in [1.165, 1.54) is 4.57 Å². The van der Waals surface area contributed by atoms with Crippen molar-refractivity contribution < 1.29 is 4.74 Å². The third-order valence-electron chi connectivity index (χ3n) is 4.78. The van der Waals surface area contributed by atoms with Gasteiger partial charge < -0.3 is 14.6 Å². The summed E-state index contributed by atoms with van der Waals surface area (Å²) < 4.78 is 8.64. The van der Waals surface area contributed by atoms with E-state index in [2.05, 4.69) is 27.1 Å². The zero-order valence-corrected chi connectivity index (χ0v) is 15.6. The van der Waals surface area contributed by atoms with Gasteiger partial charge in [0.1, 0.15) is 0 Å². The van der Waals surface area contributed by atoms with Gasteiger partial charge in [-0.1, -0.05) is 13.3 Å². The highest BCUT2D eigenvalue weighted by Gasteiger charge is 2.17. The number of rotatable bonds is 8. The summed E-state index contributed by atoms with van der Waals surface area (Å²) in [5, 5.41) is 3.35. The normalized spacial score (nSPS) is 15.6. The Labute approximate surface area is 152 Å². The topological polar surface area (TPSA) is 97.2 Å². The number of H-pyrrole nitrogens is 1. The smallest absolute Gasteiger partial charge is 0.329 e. The van der Waals surface area contributed by atoms with Crippen LogP contribution < -0.4 is 16.6 Å². The number of morpholine rings is 1. The molecule has 1 fully saturated rings. The van der Waals surface area contributed by atoms with E-state index in [1.54, 1.807) is 7.05 Å². The molecular formula is C17H28N6O3. The van der Waals surface area contributed by atoms with Gasteiger partial charge in [-0.2, -0.15) is 4.98 Å². The molecule has 1 aliphatic rings. The largest absolute Gasteiger partial charge is 0.379 e. The number of unbranched alkanes of at least 4 members (excludes halogenated alkanes) is 1. The third kappa shape index (κ3) is 3.99. The molecule has 0 aromatic carbocycles. The Morgan fingerprint density at radius 2 is 1.96 bits per heavy atom. The van der Waals surface area contributed by atoms with Gasteiger partial charge in [0.25, 0.3) is 5.56 Å². The zero-order chi connectivity index (χ0) is 18.5. The monoisotopic (exact) mass is 364 g/mol. The molecule has 0 saturated carbocycles. The maximum atomic E-state index is 12.3. The van der Waals surface area contributed by atoms with Crippen LogP contribution in [0, 0.1) is 0 Å². The minimum Gasteiger partial charge on any atom is -0.379 e. The number of fused-ring (bicyclic) bond motifs is 1. The highest BCUT2D eigenvalue weighted by Crippen LogP contribution is 2.16. The molecule has 26 heavy (non-hydrogen) atoms. The second kappa shape index (κ2) is 8.50. The van der Waals surface area contributed by atoms with E-state index in [0.717, 1.165) is 58.7 Å². The number of ether oxygens (including phenoxy) is 1. The summed E-state index contributed by atoms with van der Waals surface area (Å²) in [6, 6.07) is 0. The number of hydrogen-bond acceptors (Lipinski definition) is 6. The summed E-state index contributed by atoms with van der Waals surface area (Å²) in [6.07, 6.45) is 2.93. The summed E-state index contributed by atoms with van der Waals surface area (Å²) >= 11 is 0. The van der Waals surface area contributed by atoms with Crippen molar-refractivity contribution in [2.45, 2.75) is 32.7 Å². The molecule has 9 heteroatoms. The van der Waals surface area contributed by atoms with Crippen molar-refractivity contribution in [1.82, 2.24) is 24.0 Å². The fraction of sp³-hybridized carbons (Fsp3) is 0.706. The molecular weight excluding hydrogens is 336 g/mol. The van der Waals surface area contributed by atoms with Crippen LogP contribution >= 0.6 is 0 Å². The molecule has 0 amide bonds. The first-order valence-corrected chi connectivity index (χ1v) is 9.35. The summed E-state index contributed by atoms with van der Waals surface area (Å²) in [5.41, 5.74) is 0.0522. The van der Waals surface area contributed by atoms with E-state index in [-0.39, 0.29) is 5.56 Å². The third-order valence-corrected chi connectivity index (χ3v) is 4.78. The Balaban J connectivity index is 1.75. The second-order valence-corrected chi connectivity index (χ2v) is 6.67. The Morgan fingerprint density at radius 3 is 2.69 bits per heavy atom. The molecule has 9 nitrogen and oxygen atoms in total. The number of nitrogens with zero attached hydrogens (tertiary/aromatic N) is 4. The van der Waals surface area contributed by atoms with E-state index in [9.17, 15) is 9.59 Å². The van der Waals surface area contributed by atoms with Crippen molar-refractivity contribution in [3.8, 4) is 0 Å². The van der Waals surface area contributed by atoms with Gasteiger partial charge in [0.05, 0.1) is 13.2 Å². The number of anilines is 1. The first-order valence-electron chi connectivity index (χ1n) is 9.35. The van der Waals surface area contributed by atoms with Crippen molar-refractivity contribution >= 4 is 17.1 Å². The summed E-state index contributed by atoms with van der Waals surface area (Å²) in [6.45, 7) is 8.13. The zero-order valence-electron chi connectivity index (χ0n) is 15.6. The minimum absolute atomic E-state index is 0.381. The number of imidazole rings is 1. The average molecular weight is 364 g/mol. The van der Waals surface area contributed by atoms with E-state index in [1.807, 2.05) is 4.57 Å². The van der Waals surface area contributed by atoms with E-state index < -0.39 is 5.69 Å². The van der Waals surface area contributed by atoms with Crippen LogP contribution in [-0.2, 0) is 18.3 Å². The molecule has 2 aromatic rings. The molecule has 2 N–H and O–H groups in total. The predicted molar refractivity (Wildman–Crippen MR) is 101 cm³/mol. The Hall–Kier alpha value is -2.13. The lowest BCUT2D eigenvalue weighted by Crippen LogP contribution is -2.37. The predicted octanol–water partition coefficient (Wildman–Crippen LogP) is 0.358. The maximum Gasteiger partial charge on any atom is 0.329 e. The van der Waals surface area contributed by atoms with Gasteiger partial charge in [0.2, 0.25) is 5.95 Å². The van der Waals surface area contributed by atoms with Crippen molar-refractivity contribution in [3.63, 3.8) is 0 Å². The molecule has 0 spiro atoms. The Kier molecular flexibility index (Phi) is 6.10. The number of aromatic amines is 1. The lowest BCUT2D eigenvalue weighted by atomic mass is 10.3. The van der Waals surface area contributed by atoms with Gasteiger partial charge in [-0.3, -0.25) is 19.2 Å². The van der Waals surface area contributed by atoms with Crippen LogP contribution in [0.4, 0.5) is 5.95 Å². The molecule has 0 radical (unpaired) electrons. The van der Waals surface area contributed by atoms with Crippen LogP contribution in [0.1, 0.15) is 26.2 Å². The fourth-order valence-corrected chi connectivity index (χ4v) is 3.23. The van der Waals surface area contributed by atoms with Crippen LogP contribution in [0.2, 0.25) is 0 Å². The van der Waals surface area contributed by atoms with Crippen molar-refractivity contribution in [2.24, 2.45) is 7.05 Å². The number of aromatic nitrogens is 4. The number of nitrogens with one attached hydrogen (secondary N) is 2. The molecule has 144 valence electrons. The van der Waals surface area contributed by atoms with Crippen molar-refractivity contribution in [2.75, 3.05) is 44.7 Å². The molecule has 0 unspecified atom stereocenters. The standard InChI is InChI=1S/C17H28N6O3/c1-3-4-8-23-13-14(21(2)17(25)20-15(13)24)19-16(23)18-6-5-7-22-9-11-26-12-10-22/h3-12H2,1-2H3,(H,18,19)(H,20,24,25). The van der Waals surface area contributed by atoms with Gasteiger partial charge >= 0.3 is 5.69 Å². The summed E-state index contributed by atoms with van der Waals surface area (Å²) in [4.78, 5) is 33.4. The van der Waals surface area contributed by atoms with Crippen LogP contribution in [-0.4, -0.2) is 63.4 Å². The van der Waals surface area contributed by atoms with Gasteiger partial charge in [-0.05, 0) is 19.4 Å². The molecule has 3 heterocycles. The molecule has 1 saturated heterocycles. The molecule has 1 aliphatic heterocycles. The van der Waals surface area contributed by atoms with Crippen LogP contribution in [0.3, 0.4) is 0 Å². The number of aryl methyl sites for hydroxylation is 2. The van der Waals surface area contributed by atoms with Gasteiger partial charge in [-0.25, -0.2) is 4.79 Å². The lowest BCUT2D eigenvalue weighted by molar-refractivity contribution is 0.0378. The van der Waals surface area contributed by atoms with Crippen LogP contribution in [0.5, 0.6) is 0 Å². The lowest BCUT2D eigenvalue weighted by Gasteiger charge is -2.26. The first-order chi connectivity index (χ1) is 12.6. The number of hydrogen-bond donors (Lipinski definition) is 2. The quantitative estimate of drug-likeness (QED) is 0.657. The second-order valence-electron chi connectivity index (χ2n) is 6.67. The van der Waals surface area contributed by atoms with E-state index in [0.29, 0.717) is 23.7 Å². The average Bonchev–Trinajstić information content (AvgIpc) is 3.01. The van der Waals surface area contributed by atoms with E-state index in [4.69, 9.17) is 4.74 Å². The van der Waals surface area contributed by atoms with Crippen molar-refractivity contribution in [3.05, 3.63) is 20.8 Å². The van der Waals surface area contributed by atoms with Crippen LogP contribution in [0.25, 0.3) is 11.2 Å². The molecule has 0 bridgehead atoms. The van der Waals surface area contributed by atoms with Gasteiger partial charge in [-0.15, -0.1) is 0 Å². The molecule has 0 aliphatic carbocycles. The minimum atomic E-state index is -0.443. The highest BCUT2D eigenvalue weighted by atomic mass is 16.5. The van der Waals surface area contributed by atoms with Gasteiger partial charge in [0, 0.05) is 33.2 Å². The maximum absolute atomic E-state index is 12.3. The SMILES string of the molecule is CCCCn1c(NCCCN2CCOCC2)nc2c1c(=O)[nH]c(=O)n2C. The molecule has 3 rings (SSSR count). The fourth-order valence-electron chi connectivity index (χ4n) is 3.23. The summed E-state index contributed by atoms with van der Waals surface area (Å²) in [5.74, 6) is 0.655. The highest BCUT2D eigenvalue weighted by molar-refractivity contribution is 5.74. The Morgan fingerprint density at radius 1 is 1.19 bits per heavy atom. The van der Waals surface area contributed by atoms with Crippen LogP contribution in [0.15, 0.2) is 9.59 Å². The van der Waals surface area contributed by atoms with Gasteiger partial charge in [0.15, 0.2) is 11.2 Å².